The molecule has 1 heterocycles. The van der Waals surface area contributed by atoms with E-state index in [4.69, 9.17) is 0 Å². The minimum Gasteiger partial charge on any atom is -0.337 e. The van der Waals surface area contributed by atoms with E-state index in [2.05, 4.69) is 4.72 Å². The van der Waals surface area contributed by atoms with Crippen LogP contribution in [0.15, 0.2) is 42.5 Å². The van der Waals surface area contributed by atoms with Gasteiger partial charge in [0.1, 0.15) is 11.6 Å². The summed E-state index contributed by atoms with van der Waals surface area (Å²) >= 11 is 0. The Morgan fingerprint density at radius 1 is 1.13 bits per heavy atom. The summed E-state index contributed by atoms with van der Waals surface area (Å²) in [5.41, 5.74) is 0.968. The highest BCUT2D eigenvalue weighted by atomic mass is 32.2. The van der Waals surface area contributed by atoms with Gasteiger partial charge in [0.2, 0.25) is 15.9 Å². The van der Waals surface area contributed by atoms with Crippen LogP contribution in [0.2, 0.25) is 0 Å². The molecule has 5 nitrogen and oxygen atoms in total. The maximum absolute atomic E-state index is 14.4. The molecule has 1 saturated carbocycles. The fourth-order valence-corrected chi connectivity index (χ4v) is 5.10. The van der Waals surface area contributed by atoms with E-state index in [1.54, 1.807) is 17.0 Å². The first-order chi connectivity index (χ1) is 14.5. The Bertz CT molecular complexity index is 1110. The van der Waals surface area contributed by atoms with Crippen LogP contribution in [0.4, 0.5) is 8.78 Å². The van der Waals surface area contributed by atoms with Crippen molar-refractivity contribution >= 4 is 15.9 Å². The first-order valence-electron chi connectivity index (χ1n) is 10.3. The van der Waals surface area contributed by atoms with Gasteiger partial charge in [-0.05, 0) is 35.6 Å². The quantitative estimate of drug-likeness (QED) is 0.735. The summed E-state index contributed by atoms with van der Waals surface area (Å²) in [4.78, 5) is 14.9. The van der Waals surface area contributed by atoms with E-state index in [1.807, 2.05) is 26.0 Å². The second kappa shape index (κ2) is 7.67. The van der Waals surface area contributed by atoms with Gasteiger partial charge in [-0.3, -0.25) is 4.79 Å². The summed E-state index contributed by atoms with van der Waals surface area (Å²) in [5, 5.41) is 0. The molecule has 0 spiro atoms. The van der Waals surface area contributed by atoms with Crippen LogP contribution in [-0.4, -0.2) is 44.6 Å². The number of likely N-dealkylation sites (tertiary alicyclic amines) is 1. The number of amides is 1. The van der Waals surface area contributed by atoms with Gasteiger partial charge in [-0.15, -0.1) is 0 Å². The molecule has 8 heteroatoms. The average molecular weight is 449 g/mol. The number of benzene rings is 2. The van der Waals surface area contributed by atoms with Crippen LogP contribution in [0.5, 0.6) is 0 Å². The van der Waals surface area contributed by atoms with E-state index in [1.165, 1.54) is 18.2 Å². The van der Waals surface area contributed by atoms with Gasteiger partial charge >= 0.3 is 0 Å². The average Bonchev–Trinajstić information content (AvgIpc) is 3.46. The molecule has 1 aliphatic carbocycles. The Morgan fingerprint density at radius 2 is 1.77 bits per heavy atom. The zero-order valence-corrected chi connectivity index (χ0v) is 18.5. The number of nitrogens with zero attached hydrogens (tertiary/aromatic N) is 1. The molecule has 3 atom stereocenters. The van der Waals surface area contributed by atoms with Crippen molar-refractivity contribution in [1.29, 1.82) is 0 Å². The van der Waals surface area contributed by atoms with Crippen LogP contribution in [0.1, 0.15) is 31.7 Å². The van der Waals surface area contributed by atoms with Crippen molar-refractivity contribution in [1.82, 2.24) is 9.62 Å². The van der Waals surface area contributed by atoms with Crippen LogP contribution in [0, 0.1) is 23.0 Å². The summed E-state index contributed by atoms with van der Waals surface area (Å²) in [7, 11) is -3.36. The molecule has 0 unspecified atom stereocenters. The van der Waals surface area contributed by atoms with Gasteiger partial charge in [0, 0.05) is 24.4 Å². The van der Waals surface area contributed by atoms with Crippen molar-refractivity contribution in [2.24, 2.45) is 11.3 Å². The third kappa shape index (κ3) is 4.23. The molecule has 1 N–H and O–H groups in total. The monoisotopic (exact) mass is 448 g/mol. The zero-order chi connectivity index (χ0) is 22.6. The van der Waals surface area contributed by atoms with E-state index in [0.717, 1.165) is 11.8 Å². The smallest absolute Gasteiger partial charge is 0.226 e. The number of rotatable bonds is 6. The molecule has 1 amide bonds. The van der Waals surface area contributed by atoms with Crippen molar-refractivity contribution in [2.75, 3.05) is 19.3 Å². The van der Waals surface area contributed by atoms with Crippen LogP contribution >= 0.6 is 0 Å². The van der Waals surface area contributed by atoms with E-state index in [9.17, 15) is 22.0 Å². The predicted molar refractivity (Wildman–Crippen MR) is 115 cm³/mol. The lowest BCUT2D eigenvalue weighted by molar-refractivity contribution is -0.152. The lowest BCUT2D eigenvalue weighted by Gasteiger charge is -2.54. The maximum Gasteiger partial charge on any atom is 0.226 e. The first-order valence-corrected chi connectivity index (χ1v) is 12.2. The van der Waals surface area contributed by atoms with Crippen molar-refractivity contribution in [3.8, 4) is 11.1 Å². The van der Waals surface area contributed by atoms with Crippen molar-refractivity contribution in [3.63, 3.8) is 0 Å². The lowest BCUT2D eigenvalue weighted by Crippen LogP contribution is -2.67. The molecule has 2 aliphatic rings. The largest absolute Gasteiger partial charge is 0.337 e. The van der Waals surface area contributed by atoms with Crippen molar-refractivity contribution in [3.05, 3.63) is 59.7 Å². The number of nitrogens with one attached hydrogen (secondary N) is 1. The van der Waals surface area contributed by atoms with Gasteiger partial charge < -0.3 is 4.90 Å². The number of carbonyl (C=O) groups is 1. The molecular formula is C23H26F2N2O3S. The Hall–Kier alpha value is -2.32. The van der Waals surface area contributed by atoms with Crippen LogP contribution in [-0.2, 0) is 14.8 Å². The molecule has 0 bridgehead atoms. The molecule has 0 radical (unpaired) electrons. The highest BCUT2D eigenvalue weighted by Crippen LogP contribution is 2.53. The SMILES string of the molecule is CC1(C)CN(C(=O)[C@@H]2C[C@H]2c2ccccc2-c2c(F)cccc2F)[C@H]1CNS(C)(=O)=O. The summed E-state index contributed by atoms with van der Waals surface area (Å²) in [5.74, 6) is -1.68. The fourth-order valence-electron chi connectivity index (χ4n) is 4.64. The summed E-state index contributed by atoms with van der Waals surface area (Å²) in [6.45, 7) is 4.73. The molecule has 2 aromatic rings. The molecule has 31 heavy (non-hydrogen) atoms. The van der Waals surface area contributed by atoms with E-state index < -0.39 is 21.7 Å². The highest BCUT2D eigenvalue weighted by Gasteiger charge is 2.54. The number of sulfonamides is 1. The Labute approximate surface area is 181 Å². The Kier molecular flexibility index (Phi) is 5.42. The zero-order valence-electron chi connectivity index (χ0n) is 17.7. The van der Waals surface area contributed by atoms with Crippen molar-refractivity contribution in [2.45, 2.75) is 32.2 Å². The second-order valence-electron chi connectivity index (χ2n) is 9.22. The summed E-state index contributed by atoms with van der Waals surface area (Å²) < 4.78 is 54.3. The van der Waals surface area contributed by atoms with Crippen LogP contribution in [0.3, 0.4) is 0 Å². The molecule has 2 fully saturated rings. The minimum absolute atomic E-state index is 0.0339. The molecule has 1 aliphatic heterocycles. The van der Waals surface area contributed by atoms with E-state index in [0.29, 0.717) is 18.5 Å². The third-order valence-electron chi connectivity index (χ3n) is 6.38. The number of hydrogen-bond donors (Lipinski definition) is 1. The van der Waals surface area contributed by atoms with Gasteiger partial charge in [0.05, 0.1) is 17.9 Å². The van der Waals surface area contributed by atoms with Gasteiger partial charge in [0.15, 0.2) is 0 Å². The molecule has 166 valence electrons. The lowest BCUT2D eigenvalue weighted by atomic mass is 9.74. The number of hydrogen-bond acceptors (Lipinski definition) is 3. The Balaban J connectivity index is 1.54. The summed E-state index contributed by atoms with van der Waals surface area (Å²) in [6, 6.07) is 10.6. The molecule has 4 rings (SSSR count). The normalized spacial score (nSPS) is 24.5. The third-order valence-corrected chi connectivity index (χ3v) is 7.07. The topological polar surface area (TPSA) is 66.5 Å². The predicted octanol–water partition coefficient (Wildman–Crippen LogP) is 3.52. The van der Waals surface area contributed by atoms with E-state index >= 15 is 0 Å². The van der Waals surface area contributed by atoms with E-state index in [-0.39, 0.29) is 41.3 Å². The van der Waals surface area contributed by atoms with Gasteiger partial charge in [-0.2, -0.15) is 0 Å². The number of carbonyl (C=O) groups excluding carboxylic acids is 1. The van der Waals surface area contributed by atoms with Gasteiger partial charge in [-0.1, -0.05) is 44.2 Å². The summed E-state index contributed by atoms with van der Waals surface area (Å²) in [6.07, 6.45) is 1.70. The van der Waals surface area contributed by atoms with Gasteiger partial charge in [0.25, 0.3) is 0 Å². The number of halogens is 2. The minimum atomic E-state index is -3.36. The van der Waals surface area contributed by atoms with Crippen LogP contribution < -0.4 is 4.72 Å². The maximum atomic E-state index is 14.4. The first kappa shape index (κ1) is 21.9. The molecule has 1 saturated heterocycles. The Morgan fingerprint density at radius 3 is 2.39 bits per heavy atom. The molecule has 0 aromatic heterocycles. The standard InChI is InChI=1S/C23H26F2N2O3S/c1-23(2)13-27(20(23)12-26-31(3,29)30)22(28)17-11-16(17)14-7-4-5-8-15(14)21-18(24)9-6-10-19(21)25/h4-10,16-17,20,26H,11-13H2,1-3H3/t16-,17+,20-/m0/s1. The molecule has 2 aromatic carbocycles. The fraction of sp³-hybridized carbons (Fsp3) is 0.435. The van der Waals surface area contributed by atoms with Gasteiger partial charge in [-0.25, -0.2) is 21.9 Å². The highest BCUT2D eigenvalue weighted by molar-refractivity contribution is 7.88. The van der Waals surface area contributed by atoms with Crippen molar-refractivity contribution < 1.29 is 22.0 Å². The molecular weight excluding hydrogens is 422 g/mol. The van der Waals surface area contributed by atoms with Crippen LogP contribution in [0.25, 0.3) is 11.1 Å². The second-order valence-corrected chi connectivity index (χ2v) is 11.1.